The third-order valence-corrected chi connectivity index (χ3v) is 1.94. The lowest BCUT2D eigenvalue weighted by Gasteiger charge is -2.01. The van der Waals surface area contributed by atoms with Gasteiger partial charge < -0.3 is 0 Å². The Hall–Kier alpha value is -0.410. The zero-order chi connectivity index (χ0) is 9.94. The van der Waals surface area contributed by atoms with Gasteiger partial charge in [0.1, 0.15) is 6.61 Å². The van der Waals surface area contributed by atoms with Crippen molar-refractivity contribution in [3.63, 3.8) is 0 Å². The third kappa shape index (κ3) is 9.50. The summed E-state index contributed by atoms with van der Waals surface area (Å²) < 4.78 is 0. The van der Waals surface area contributed by atoms with E-state index in [4.69, 9.17) is 4.84 Å². The van der Waals surface area contributed by atoms with Gasteiger partial charge in [-0.1, -0.05) is 32.6 Å². The van der Waals surface area contributed by atoms with Gasteiger partial charge in [0.25, 0.3) is 0 Å². The van der Waals surface area contributed by atoms with E-state index in [0.717, 1.165) is 6.42 Å². The Kier molecular flexibility index (Phi) is 9.37. The first-order valence-electron chi connectivity index (χ1n) is 5.11. The minimum Gasteiger partial charge on any atom is -0.297 e. The molecule has 0 spiro atoms. The summed E-state index contributed by atoms with van der Waals surface area (Å²) in [4.78, 5) is 15.8. The summed E-state index contributed by atoms with van der Waals surface area (Å²) >= 11 is 0. The Morgan fingerprint density at radius 3 is 2.54 bits per heavy atom. The van der Waals surface area contributed by atoms with Crippen LogP contribution in [0.4, 0.5) is 0 Å². The summed E-state index contributed by atoms with van der Waals surface area (Å²) in [5.74, 6) is 0.186. The third-order valence-electron chi connectivity index (χ3n) is 1.94. The SMILES string of the molecule is CCCCCCCC(=O)CONC. The van der Waals surface area contributed by atoms with Gasteiger partial charge in [0.05, 0.1) is 0 Å². The Morgan fingerprint density at radius 1 is 1.23 bits per heavy atom. The zero-order valence-corrected chi connectivity index (χ0v) is 8.77. The largest absolute Gasteiger partial charge is 0.297 e. The van der Waals surface area contributed by atoms with Gasteiger partial charge in [0.15, 0.2) is 5.78 Å². The van der Waals surface area contributed by atoms with E-state index in [0.29, 0.717) is 6.42 Å². The van der Waals surface area contributed by atoms with E-state index in [1.807, 2.05) is 0 Å². The molecule has 0 amide bonds. The van der Waals surface area contributed by atoms with Crippen LogP contribution in [0.2, 0.25) is 0 Å². The van der Waals surface area contributed by atoms with E-state index in [1.54, 1.807) is 7.05 Å². The van der Waals surface area contributed by atoms with E-state index in [-0.39, 0.29) is 12.4 Å². The number of nitrogens with one attached hydrogen (secondary N) is 1. The summed E-state index contributed by atoms with van der Waals surface area (Å²) in [5, 5.41) is 0. The monoisotopic (exact) mass is 187 g/mol. The first kappa shape index (κ1) is 12.6. The molecular weight excluding hydrogens is 166 g/mol. The molecule has 0 aliphatic carbocycles. The molecule has 0 aromatic rings. The van der Waals surface area contributed by atoms with Crippen LogP contribution in [0.15, 0.2) is 0 Å². The lowest BCUT2D eigenvalue weighted by Crippen LogP contribution is -2.15. The van der Waals surface area contributed by atoms with Crippen LogP contribution < -0.4 is 5.48 Å². The molecule has 3 nitrogen and oxygen atoms in total. The van der Waals surface area contributed by atoms with E-state index in [1.165, 1.54) is 25.7 Å². The number of hydroxylamine groups is 1. The summed E-state index contributed by atoms with van der Waals surface area (Å²) in [6.07, 6.45) is 6.60. The Morgan fingerprint density at radius 2 is 1.92 bits per heavy atom. The molecule has 1 N–H and O–H groups in total. The second kappa shape index (κ2) is 9.68. The molecule has 0 atom stereocenters. The number of unbranched alkanes of at least 4 members (excludes halogenated alkanes) is 4. The summed E-state index contributed by atoms with van der Waals surface area (Å²) in [6.45, 7) is 2.39. The second-order valence-corrected chi connectivity index (χ2v) is 3.20. The van der Waals surface area contributed by atoms with Crippen LogP contribution in [-0.2, 0) is 9.63 Å². The molecule has 0 saturated heterocycles. The molecule has 78 valence electrons. The average molecular weight is 187 g/mol. The topological polar surface area (TPSA) is 38.3 Å². The quantitative estimate of drug-likeness (QED) is 0.443. The van der Waals surface area contributed by atoms with E-state index >= 15 is 0 Å². The fourth-order valence-corrected chi connectivity index (χ4v) is 1.15. The standard InChI is InChI=1S/C10H21NO2/c1-3-4-5-6-7-8-10(12)9-13-11-2/h11H,3-9H2,1-2H3. The highest BCUT2D eigenvalue weighted by Crippen LogP contribution is 2.05. The van der Waals surface area contributed by atoms with Crippen LogP contribution >= 0.6 is 0 Å². The maximum Gasteiger partial charge on any atom is 0.160 e. The van der Waals surface area contributed by atoms with Crippen molar-refractivity contribution in [2.45, 2.75) is 45.4 Å². The molecule has 13 heavy (non-hydrogen) atoms. The van der Waals surface area contributed by atoms with Crippen LogP contribution in [-0.4, -0.2) is 19.4 Å². The van der Waals surface area contributed by atoms with Gasteiger partial charge in [0.2, 0.25) is 0 Å². The molecule has 0 bridgehead atoms. The van der Waals surface area contributed by atoms with E-state index < -0.39 is 0 Å². The number of hydrogen-bond donors (Lipinski definition) is 1. The fraction of sp³-hybridized carbons (Fsp3) is 0.900. The highest BCUT2D eigenvalue weighted by Gasteiger charge is 2.00. The summed E-state index contributed by atoms with van der Waals surface area (Å²) in [5.41, 5.74) is 2.49. The van der Waals surface area contributed by atoms with Gasteiger partial charge in [-0.25, -0.2) is 5.48 Å². The second-order valence-electron chi connectivity index (χ2n) is 3.20. The minimum atomic E-state index is 0.186. The molecule has 0 aliphatic rings. The number of rotatable bonds is 9. The van der Waals surface area contributed by atoms with Crippen LogP contribution in [0.5, 0.6) is 0 Å². The smallest absolute Gasteiger partial charge is 0.160 e. The molecular formula is C10H21NO2. The van der Waals surface area contributed by atoms with E-state index in [9.17, 15) is 4.79 Å². The van der Waals surface area contributed by atoms with Gasteiger partial charge in [-0.15, -0.1) is 0 Å². The Labute approximate surface area is 80.8 Å². The minimum absolute atomic E-state index is 0.186. The molecule has 0 fully saturated rings. The molecule has 0 heterocycles. The van der Waals surface area contributed by atoms with Crippen molar-refractivity contribution < 1.29 is 9.63 Å². The predicted molar refractivity (Wildman–Crippen MR) is 53.4 cm³/mol. The predicted octanol–water partition coefficient (Wildman–Crippen LogP) is 2.07. The Bertz CT molecular complexity index is 126. The van der Waals surface area contributed by atoms with Crippen molar-refractivity contribution in [1.29, 1.82) is 0 Å². The average Bonchev–Trinajstić information content (AvgIpc) is 2.14. The van der Waals surface area contributed by atoms with Gasteiger partial charge in [0, 0.05) is 13.5 Å². The van der Waals surface area contributed by atoms with Crippen molar-refractivity contribution in [2.24, 2.45) is 0 Å². The van der Waals surface area contributed by atoms with E-state index in [2.05, 4.69) is 12.4 Å². The van der Waals surface area contributed by atoms with Crippen LogP contribution in [0, 0.1) is 0 Å². The molecule has 0 saturated carbocycles. The maximum absolute atomic E-state index is 11.1. The first-order chi connectivity index (χ1) is 6.31. The molecule has 3 heteroatoms. The molecule has 0 aromatic carbocycles. The molecule has 0 aliphatic heterocycles. The molecule has 0 rings (SSSR count). The van der Waals surface area contributed by atoms with Crippen LogP contribution in [0.1, 0.15) is 45.4 Å². The van der Waals surface area contributed by atoms with Crippen molar-refractivity contribution in [3.05, 3.63) is 0 Å². The van der Waals surface area contributed by atoms with Crippen molar-refractivity contribution in [3.8, 4) is 0 Å². The van der Waals surface area contributed by atoms with Gasteiger partial charge in [-0.2, -0.15) is 0 Å². The number of ketones is 1. The summed E-state index contributed by atoms with van der Waals surface area (Å²) in [6, 6.07) is 0. The van der Waals surface area contributed by atoms with Crippen LogP contribution in [0.25, 0.3) is 0 Å². The lowest BCUT2D eigenvalue weighted by molar-refractivity contribution is -0.125. The highest BCUT2D eigenvalue weighted by atomic mass is 16.6. The van der Waals surface area contributed by atoms with Gasteiger partial charge in [-0.3, -0.25) is 9.63 Å². The van der Waals surface area contributed by atoms with Crippen molar-refractivity contribution in [1.82, 2.24) is 5.48 Å². The Balaban J connectivity index is 3.08. The van der Waals surface area contributed by atoms with Crippen LogP contribution in [0.3, 0.4) is 0 Å². The van der Waals surface area contributed by atoms with Crippen molar-refractivity contribution in [2.75, 3.05) is 13.7 Å². The number of carbonyl (C=O) groups is 1. The molecule has 0 unspecified atom stereocenters. The first-order valence-corrected chi connectivity index (χ1v) is 5.11. The lowest BCUT2D eigenvalue weighted by atomic mass is 10.1. The number of hydrogen-bond acceptors (Lipinski definition) is 3. The highest BCUT2D eigenvalue weighted by molar-refractivity contribution is 5.79. The molecule has 0 radical (unpaired) electrons. The van der Waals surface area contributed by atoms with Crippen molar-refractivity contribution >= 4 is 5.78 Å². The molecule has 0 aromatic heterocycles. The van der Waals surface area contributed by atoms with Gasteiger partial charge >= 0.3 is 0 Å². The number of carbonyl (C=O) groups excluding carboxylic acids is 1. The fourth-order valence-electron chi connectivity index (χ4n) is 1.15. The normalized spacial score (nSPS) is 10.3. The van der Waals surface area contributed by atoms with Gasteiger partial charge in [-0.05, 0) is 6.42 Å². The number of Topliss-reactive ketones (excluding diaryl/α,β-unsaturated/α-hetero) is 1. The zero-order valence-electron chi connectivity index (χ0n) is 8.77. The maximum atomic E-state index is 11.1. The summed E-state index contributed by atoms with van der Waals surface area (Å²) in [7, 11) is 1.66.